The van der Waals surface area contributed by atoms with Crippen LogP contribution in [0.5, 0.6) is 0 Å². The summed E-state index contributed by atoms with van der Waals surface area (Å²) in [6.45, 7) is 8.91. The van der Waals surface area contributed by atoms with Crippen molar-refractivity contribution in [2.75, 3.05) is 0 Å². The van der Waals surface area contributed by atoms with Gasteiger partial charge in [0, 0.05) is 12.8 Å². The number of hydrogen-bond donors (Lipinski definition) is 0. The minimum Gasteiger partial charge on any atom is -0.359 e. The first kappa shape index (κ1) is 30.8. The van der Waals surface area contributed by atoms with Crippen LogP contribution in [0, 0.1) is 0 Å². The standard InChI is InChI=1S/C33H54O3/c1-5-9-11-15-23-29(21-7-3)35-32(25-17-13-18-26-32)31(34)33(27-19-14-20-28-33)36-30(22-8-4)24-16-12-10-6-2/h13-14,17-20,25,27,29-30H,5-12,15-16,21-24,26,28H2,1-4H3. The van der Waals surface area contributed by atoms with Gasteiger partial charge in [-0.05, 0) is 37.8 Å². The summed E-state index contributed by atoms with van der Waals surface area (Å²) in [7, 11) is 0. The van der Waals surface area contributed by atoms with Crippen molar-refractivity contribution in [3.8, 4) is 0 Å². The van der Waals surface area contributed by atoms with Gasteiger partial charge in [-0.2, -0.15) is 0 Å². The van der Waals surface area contributed by atoms with Crippen molar-refractivity contribution in [2.45, 2.75) is 154 Å². The molecule has 0 spiro atoms. The highest BCUT2D eigenvalue weighted by Crippen LogP contribution is 2.38. The molecule has 3 nitrogen and oxygen atoms in total. The van der Waals surface area contributed by atoms with E-state index in [2.05, 4.69) is 39.8 Å². The number of ether oxygens (including phenoxy) is 2. The zero-order valence-corrected chi connectivity index (χ0v) is 23.8. The van der Waals surface area contributed by atoms with E-state index in [1.165, 1.54) is 38.5 Å². The van der Waals surface area contributed by atoms with E-state index in [1.807, 2.05) is 36.5 Å². The van der Waals surface area contributed by atoms with E-state index in [0.29, 0.717) is 12.8 Å². The highest BCUT2D eigenvalue weighted by atomic mass is 16.5. The Morgan fingerprint density at radius 1 is 0.611 bits per heavy atom. The second-order valence-corrected chi connectivity index (χ2v) is 10.8. The molecule has 3 heteroatoms. The summed E-state index contributed by atoms with van der Waals surface area (Å²) in [5.41, 5.74) is -1.93. The molecule has 0 bridgehead atoms. The largest absolute Gasteiger partial charge is 0.359 e. The van der Waals surface area contributed by atoms with Crippen LogP contribution >= 0.6 is 0 Å². The van der Waals surface area contributed by atoms with Crippen molar-refractivity contribution in [1.29, 1.82) is 0 Å². The summed E-state index contributed by atoms with van der Waals surface area (Å²) >= 11 is 0. The number of unbranched alkanes of at least 4 members (excludes halogenated alkanes) is 6. The van der Waals surface area contributed by atoms with Gasteiger partial charge < -0.3 is 9.47 Å². The fourth-order valence-electron chi connectivity index (χ4n) is 5.54. The van der Waals surface area contributed by atoms with Crippen LogP contribution in [0.2, 0.25) is 0 Å². The molecule has 2 rings (SSSR count). The van der Waals surface area contributed by atoms with Crippen LogP contribution in [-0.2, 0) is 14.3 Å². The average molecular weight is 499 g/mol. The first-order chi connectivity index (χ1) is 17.6. The molecule has 0 heterocycles. The lowest BCUT2D eigenvalue weighted by molar-refractivity contribution is -0.172. The minimum atomic E-state index is -0.964. The predicted molar refractivity (Wildman–Crippen MR) is 153 cm³/mol. The van der Waals surface area contributed by atoms with Crippen LogP contribution in [0.25, 0.3) is 0 Å². The van der Waals surface area contributed by atoms with E-state index < -0.39 is 11.2 Å². The highest BCUT2D eigenvalue weighted by Gasteiger charge is 2.51. The van der Waals surface area contributed by atoms with Gasteiger partial charge in [0.2, 0.25) is 5.78 Å². The molecular weight excluding hydrogens is 444 g/mol. The molecule has 0 aliphatic heterocycles. The summed E-state index contributed by atoms with van der Waals surface area (Å²) < 4.78 is 13.7. The Kier molecular flexibility index (Phi) is 14.6. The van der Waals surface area contributed by atoms with Crippen molar-refractivity contribution in [2.24, 2.45) is 0 Å². The predicted octanol–water partition coefficient (Wildman–Crippen LogP) is 9.38. The van der Waals surface area contributed by atoms with Gasteiger partial charge in [-0.3, -0.25) is 4.79 Å². The Balaban J connectivity index is 2.28. The molecule has 0 aromatic carbocycles. The summed E-state index contributed by atoms with van der Waals surface area (Å²) in [6.07, 6.45) is 33.4. The molecule has 0 aromatic heterocycles. The summed E-state index contributed by atoms with van der Waals surface area (Å²) in [4.78, 5) is 14.6. The molecule has 0 radical (unpaired) electrons. The van der Waals surface area contributed by atoms with Crippen LogP contribution < -0.4 is 0 Å². The smallest absolute Gasteiger partial charge is 0.204 e. The van der Waals surface area contributed by atoms with Crippen LogP contribution in [0.1, 0.15) is 130 Å². The van der Waals surface area contributed by atoms with Gasteiger partial charge in [-0.25, -0.2) is 0 Å². The molecule has 0 aromatic rings. The number of carbonyl (C=O) groups is 1. The third-order valence-corrected chi connectivity index (χ3v) is 7.57. The van der Waals surface area contributed by atoms with Crippen molar-refractivity contribution >= 4 is 5.78 Å². The lowest BCUT2D eigenvalue weighted by Crippen LogP contribution is -2.56. The van der Waals surface area contributed by atoms with Gasteiger partial charge in [0.15, 0.2) is 11.2 Å². The van der Waals surface area contributed by atoms with Crippen molar-refractivity contribution in [3.05, 3.63) is 48.6 Å². The second kappa shape index (κ2) is 17.1. The Bertz CT molecular complexity index is 673. The maximum Gasteiger partial charge on any atom is 0.204 e. The van der Waals surface area contributed by atoms with E-state index >= 15 is 0 Å². The van der Waals surface area contributed by atoms with Crippen LogP contribution in [0.15, 0.2) is 48.6 Å². The van der Waals surface area contributed by atoms with E-state index in [-0.39, 0.29) is 18.0 Å². The van der Waals surface area contributed by atoms with E-state index in [4.69, 9.17) is 9.47 Å². The van der Waals surface area contributed by atoms with Crippen LogP contribution in [0.4, 0.5) is 0 Å². The summed E-state index contributed by atoms with van der Waals surface area (Å²) in [6, 6.07) is 0. The molecule has 0 saturated heterocycles. The SMILES string of the molecule is CCCCCCC(CCC)OC1(C(=O)C2(OC(CCC)CCCCCC)C=CC=CC2)C=CC=CC1. The topological polar surface area (TPSA) is 35.5 Å². The van der Waals surface area contributed by atoms with Gasteiger partial charge in [0.1, 0.15) is 0 Å². The normalized spacial score (nSPS) is 24.8. The Morgan fingerprint density at radius 3 is 1.39 bits per heavy atom. The molecule has 36 heavy (non-hydrogen) atoms. The zero-order chi connectivity index (χ0) is 26.1. The molecule has 2 aliphatic carbocycles. The molecule has 2 aliphatic rings. The van der Waals surface area contributed by atoms with Crippen molar-refractivity contribution in [3.63, 3.8) is 0 Å². The third-order valence-electron chi connectivity index (χ3n) is 7.57. The molecule has 204 valence electrons. The maximum atomic E-state index is 14.6. The van der Waals surface area contributed by atoms with Crippen LogP contribution in [-0.4, -0.2) is 29.2 Å². The Hall–Kier alpha value is -1.45. The second-order valence-electron chi connectivity index (χ2n) is 10.8. The molecule has 0 amide bonds. The first-order valence-corrected chi connectivity index (χ1v) is 15.1. The number of rotatable bonds is 20. The average Bonchev–Trinajstić information content (AvgIpc) is 2.90. The van der Waals surface area contributed by atoms with Gasteiger partial charge in [-0.15, -0.1) is 0 Å². The van der Waals surface area contributed by atoms with Crippen LogP contribution in [0.3, 0.4) is 0 Å². The van der Waals surface area contributed by atoms with Gasteiger partial charge in [0.05, 0.1) is 12.2 Å². The molecule has 0 N–H and O–H groups in total. The zero-order valence-electron chi connectivity index (χ0n) is 23.8. The maximum absolute atomic E-state index is 14.6. The van der Waals surface area contributed by atoms with Gasteiger partial charge >= 0.3 is 0 Å². The monoisotopic (exact) mass is 498 g/mol. The Labute approximate surface area is 222 Å². The van der Waals surface area contributed by atoms with Gasteiger partial charge in [-0.1, -0.05) is 128 Å². The fourth-order valence-corrected chi connectivity index (χ4v) is 5.54. The summed E-state index contributed by atoms with van der Waals surface area (Å²) in [5, 5.41) is 0. The fraction of sp³-hybridized carbons (Fsp3) is 0.727. The van der Waals surface area contributed by atoms with Crippen molar-refractivity contribution < 1.29 is 14.3 Å². The van der Waals surface area contributed by atoms with E-state index in [9.17, 15) is 4.79 Å². The molecule has 4 unspecified atom stereocenters. The van der Waals surface area contributed by atoms with E-state index in [0.717, 1.165) is 51.4 Å². The lowest BCUT2D eigenvalue weighted by atomic mass is 9.77. The molecule has 4 atom stereocenters. The summed E-state index contributed by atoms with van der Waals surface area (Å²) in [5.74, 6) is 0.0699. The Morgan fingerprint density at radius 2 is 1.06 bits per heavy atom. The third kappa shape index (κ3) is 9.45. The minimum absolute atomic E-state index is 0.0699. The number of allylic oxidation sites excluding steroid dienone is 4. The van der Waals surface area contributed by atoms with E-state index in [1.54, 1.807) is 0 Å². The van der Waals surface area contributed by atoms with Gasteiger partial charge in [0.25, 0.3) is 0 Å². The first-order valence-electron chi connectivity index (χ1n) is 15.1. The highest BCUT2D eigenvalue weighted by molar-refractivity contribution is 5.99. The quantitative estimate of drug-likeness (QED) is 0.157. The molecule has 0 saturated carbocycles. The number of carbonyl (C=O) groups excluding carboxylic acids is 1. The number of ketones is 1. The number of Topliss-reactive ketones (excluding diaryl/α,β-unsaturated/α-hetero) is 1. The van der Waals surface area contributed by atoms with Crippen molar-refractivity contribution in [1.82, 2.24) is 0 Å². The molecule has 0 fully saturated rings. The lowest BCUT2D eigenvalue weighted by Gasteiger charge is -2.43. The molecular formula is C33H54O3. The number of hydrogen-bond acceptors (Lipinski definition) is 3.